The number of aryl methyl sites for hydroxylation is 1. The number of rotatable bonds is 5. The van der Waals surface area contributed by atoms with Gasteiger partial charge in [-0.3, -0.25) is 0 Å². The SMILES string of the molecule is Cc1ccc(-n2c(-c3ccccc3)cc(/C=N\n3cnnc3)c2-c2ccccc2)cc1. The Balaban J connectivity index is 1.79. The van der Waals surface area contributed by atoms with Gasteiger partial charge in [0.1, 0.15) is 12.7 Å². The lowest BCUT2D eigenvalue weighted by Gasteiger charge is -2.15. The van der Waals surface area contributed by atoms with Gasteiger partial charge in [-0.05, 0) is 36.2 Å². The van der Waals surface area contributed by atoms with E-state index in [-0.39, 0.29) is 0 Å². The molecule has 2 heterocycles. The van der Waals surface area contributed by atoms with E-state index in [1.54, 1.807) is 17.3 Å². The first-order valence-corrected chi connectivity index (χ1v) is 10.1. The fourth-order valence-electron chi connectivity index (χ4n) is 3.69. The van der Waals surface area contributed by atoms with Crippen molar-refractivity contribution in [1.29, 1.82) is 0 Å². The highest BCUT2D eigenvalue weighted by Crippen LogP contribution is 2.35. The standard InChI is InChI=1S/C26H21N5/c1-20-12-14-24(15-13-20)31-25(21-8-4-2-5-9-21)16-23(17-29-30-18-27-28-19-30)26(31)22-10-6-3-7-11-22/h2-19H,1H3/b29-17-. The van der Waals surface area contributed by atoms with E-state index in [1.165, 1.54) is 5.56 Å². The van der Waals surface area contributed by atoms with Crippen molar-refractivity contribution < 1.29 is 0 Å². The van der Waals surface area contributed by atoms with Gasteiger partial charge in [-0.1, -0.05) is 78.4 Å². The predicted octanol–water partition coefficient (Wildman–Crippen LogP) is 5.59. The molecule has 0 saturated carbocycles. The van der Waals surface area contributed by atoms with Crippen molar-refractivity contribution in [2.75, 3.05) is 0 Å². The average Bonchev–Trinajstić information content (AvgIpc) is 3.47. The number of hydrogen-bond donors (Lipinski definition) is 0. The van der Waals surface area contributed by atoms with Crippen molar-refractivity contribution in [3.63, 3.8) is 0 Å². The lowest BCUT2D eigenvalue weighted by Crippen LogP contribution is -2.00. The van der Waals surface area contributed by atoms with Crippen molar-refractivity contribution in [1.82, 2.24) is 19.4 Å². The van der Waals surface area contributed by atoms with Gasteiger partial charge in [0.05, 0.1) is 17.6 Å². The van der Waals surface area contributed by atoms with Crippen molar-refractivity contribution in [2.45, 2.75) is 6.92 Å². The Morgan fingerprint density at radius 2 is 1.35 bits per heavy atom. The largest absolute Gasteiger partial charge is 0.309 e. The van der Waals surface area contributed by atoms with Gasteiger partial charge in [0.25, 0.3) is 0 Å². The minimum atomic E-state index is 1.01. The summed E-state index contributed by atoms with van der Waals surface area (Å²) in [6.07, 6.45) is 5.02. The second-order valence-electron chi connectivity index (χ2n) is 7.32. The van der Waals surface area contributed by atoms with Gasteiger partial charge in [0, 0.05) is 11.3 Å². The lowest BCUT2D eigenvalue weighted by molar-refractivity contribution is 0.878. The summed E-state index contributed by atoms with van der Waals surface area (Å²) >= 11 is 0. The Morgan fingerprint density at radius 3 is 2.00 bits per heavy atom. The molecule has 0 unspecified atom stereocenters. The van der Waals surface area contributed by atoms with Crippen LogP contribution in [0.3, 0.4) is 0 Å². The summed E-state index contributed by atoms with van der Waals surface area (Å²) in [7, 11) is 0. The van der Waals surface area contributed by atoms with Gasteiger partial charge in [0.2, 0.25) is 0 Å². The van der Waals surface area contributed by atoms with E-state index in [4.69, 9.17) is 0 Å². The Morgan fingerprint density at radius 1 is 0.742 bits per heavy atom. The third-order valence-electron chi connectivity index (χ3n) is 5.18. The summed E-state index contributed by atoms with van der Waals surface area (Å²) < 4.78 is 3.90. The molecular weight excluding hydrogens is 382 g/mol. The zero-order chi connectivity index (χ0) is 21.0. The Bertz CT molecular complexity index is 1300. The van der Waals surface area contributed by atoms with Gasteiger partial charge in [-0.15, -0.1) is 10.2 Å². The average molecular weight is 403 g/mol. The molecule has 0 aliphatic carbocycles. The molecule has 0 aliphatic rings. The Hall–Kier alpha value is -4.25. The van der Waals surface area contributed by atoms with Crippen molar-refractivity contribution in [2.24, 2.45) is 5.10 Å². The van der Waals surface area contributed by atoms with E-state index in [1.807, 2.05) is 18.3 Å². The molecule has 150 valence electrons. The molecule has 0 fully saturated rings. The van der Waals surface area contributed by atoms with Crippen molar-refractivity contribution in [3.8, 4) is 28.2 Å². The van der Waals surface area contributed by atoms with Gasteiger partial charge in [-0.2, -0.15) is 5.10 Å². The molecular formula is C26H21N5. The zero-order valence-electron chi connectivity index (χ0n) is 17.1. The minimum Gasteiger partial charge on any atom is -0.309 e. The molecule has 5 heteroatoms. The van der Waals surface area contributed by atoms with Gasteiger partial charge < -0.3 is 4.57 Å². The maximum Gasteiger partial charge on any atom is 0.141 e. The molecule has 3 aromatic carbocycles. The monoisotopic (exact) mass is 403 g/mol. The van der Waals surface area contributed by atoms with E-state index in [0.717, 1.165) is 33.8 Å². The highest BCUT2D eigenvalue weighted by molar-refractivity contribution is 5.93. The quantitative estimate of drug-likeness (QED) is 0.359. The van der Waals surface area contributed by atoms with Crippen LogP contribution in [0.15, 0.2) is 109 Å². The van der Waals surface area contributed by atoms with Crippen LogP contribution in [-0.2, 0) is 0 Å². The summed E-state index contributed by atoms with van der Waals surface area (Å²) in [6.45, 7) is 2.10. The summed E-state index contributed by atoms with van der Waals surface area (Å²) in [5.41, 5.74) is 7.80. The summed E-state index contributed by atoms with van der Waals surface area (Å²) in [5, 5.41) is 12.2. The molecule has 5 rings (SSSR count). The first kappa shape index (κ1) is 18.8. The van der Waals surface area contributed by atoms with Crippen LogP contribution in [0.5, 0.6) is 0 Å². The molecule has 5 aromatic rings. The van der Waals surface area contributed by atoms with Crippen LogP contribution in [-0.4, -0.2) is 25.7 Å². The van der Waals surface area contributed by atoms with Crippen LogP contribution >= 0.6 is 0 Å². The number of aromatic nitrogens is 4. The Labute approximate surface area is 181 Å². The normalized spacial score (nSPS) is 11.3. The lowest BCUT2D eigenvalue weighted by atomic mass is 10.1. The fraction of sp³-hybridized carbons (Fsp3) is 0.0385. The molecule has 0 spiro atoms. The Kier molecular flexibility index (Phi) is 4.99. The van der Waals surface area contributed by atoms with Crippen LogP contribution in [0, 0.1) is 6.92 Å². The summed E-state index contributed by atoms with van der Waals surface area (Å²) in [4.78, 5) is 0. The highest BCUT2D eigenvalue weighted by Gasteiger charge is 2.18. The zero-order valence-corrected chi connectivity index (χ0v) is 17.1. The number of nitrogens with zero attached hydrogens (tertiary/aromatic N) is 5. The number of hydrogen-bond acceptors (Lipinski definition) is 3. The van der Waals surface area contributed by atoms with E-state index in [2.05, 4.69) is 106 Å². The third-order valence-corrected chi connectivity index (χ3v) is 5.18. The summed E-state index contributed by atoms with van der Waals surface area (Å²) in [5.74, 6) is 0. The molecule has 0 N–H and O–H groups in total. The molecule has 0 radical (unpaired) electrons. The molecule has 0 bridgehead atoms. The smallest absolute Gasteiger partial charge is 0.141 e. The van der Waals surface area contributed by atoms with Crippen LogP contribution in [0.1, 0.15) is 11.1 Å². The van der Waals surface area contributed by atoms with E-state index < -0.39 is 0 Å². The van der Waals surface area contributed by atoms with Crippen LogP contribution in [0.4, 0.5) is 0 Å². The maximum absolute atomic E-state index is 4.53. The number of benzene rings is 3. The van der Waals surface area contributed by atoms with E-state index >= 15 is 0 Å². The predicted molar refractivity (Wildman–Crippen MR) is 124 cm³/mol. The van der Waals surface area contributed by atoms with Gasteiger partial charge >= 0.3 is 0 Å². The third kappa shape index (κ3) is 3.81. The second-order valence-corrected chi connectivity index (χ2v) is 7.32. The van der Waals surface area contributed by atoms with Gasteiger partial charge in [0.15, 0.2) is 0 Å². The van der Waals surface area contributed by atoms with Gasteiger partial charge in [-0.25, -0.2) is 4.68 Å². The first-order chi connectivity index (χ1) is 15.3. The van der Waals surface area contributed by atoms with Crippen LogP contribution < -0.4 is 0 Å². The molecule has 0 saturated heterocycles. The second kappa shape index (κ2) is 8.24. The maximum atomic E-state index is 4.53. The minimum absolute atomic E-state index is 1.01. The van der Waals surface area contributed by atoms with Crippen molar-refractivity contribution in [3.05, 3.63) is 115 Å². The fourth-order valence-corrected chi connectivity index (χ4v) is 3.69. The van der Waals surface area contributed by atoms with E-state index in [0.29, 0.717) is 0 Å². The first-order valence-electron chi connectivity index (χ1n) is 10.1. The molecule has 2 aromatic heterocycles. The molecule has 0 atom stereocenters. The molecule has 5 nitrogen and oxygen atoms in total. The van der Waals surface area contributed by atoms with E-state index in [9.17, 15) is 0 Å². The molecule has 0 amide bonds. The highest BCUT2D eigenvalue weighted by atomic mass is 15.4. The van der Waals surface area contributed by atoms with Crippen LogP contribution in [0.2, 0.25) is 0 Å². The molecule has 31 heavy (non-hydrogen) atoms. The topological polar surface area (TPSA) is 48.0 Å². The van der Waals surface area contributed by atoms with Crippen molar-refractivity contribution >= 4 is 6.21 Å². The molecule has 0 aliphatic heterocycles. The van der Waals surface area contributed by atoms with Crippen LogP contribution in [0.25, 0.3) is 28.2 Å². The summed E-state index contributed by atoms with van der Waals surface area (Å²) in [6, 6.07) is 31.6.